The number of halogens is 3. The van der Waals surface area contributed by atoms with Crippen LogP contribution in [-0.4, -0.2) is 16.7 Å². The van der Waals surface area contributed by atoms with Crippen molar-refractivity contribution in [2.24, 2.45) is 5.10 Å². The Morgan fingerprint density at radius 3 is 2.55 bits per heavy atom. The fourth-order valence-corrected chi connectivity index (χ4v) is 3.31. The quantitative estimate of drug-likeness (QED) is 0.343. The molecule has 0 aliphatic carbocycles. The van der Waals surface area contributed by atoms with Crippen molar-refractivity contribution in [2.45, 2.75) is 12.6 Å². The SMILES string of the molecule is O=C(Cc1cccc(C(F)(F)F)c1)N/N=C\c1cccn1-c1ccc2ccccc2c1. The van der Waals surface area contributed by atoms with Crippen LogP contribution in [0, 0.1) is 0 Å². The molecule has 1 heterocycles. The number of aromatic nitrogens is 1. The van der Waals surface area contributed by atoms with Gasteiger partial charge < -0.3 is 4.57 Å². The Morgan fingerprint density at radius 2 is 1.74 bits per heavy atom. The van der Waals surface area contributed by atoms with E-state index in [1.807, 2.05) is 59.3 Å². The summed E-state index contributed by atoms with van der Waals surface area (Å²) in [7, 11) is 0. The van der Waals surface area contributed by atoms with Gasteiger partial charge in [-0.15, -0.1) is 0 Å². The van der Waals surface area contributed by atoms with E-state index in [0.717, 1.165) is 34.3 Å². The first kappa shape index (κ1) is 20.4. The highest BCUT2D eigenvalue weighted by Gasteiger charge is 2.30. The van der Waals surface area contributed by atoms with E-state index < -0.39 is 17.6 Å². The number of amides is 1. The van der Waals surface area contributed by atoms with Crippen LogP contribution >= 0.6 is 0 Å². The highest BCUT2D eigenvalue weighted by atomic mass is 19.4. The fourth-order valence-electron chi connectivity index (χ4n) is 3.31. The van der Waals surface area contributed by atoms with Gasteiger partial charge >= 0.3 is 6.18 Å². The van der Waals surface area contributed by atoms with E-state index in [4.69, 9.17) is 0 Å². The molecule has 0 fully saturated rings. The minimum absolute atomic E-state index is 0.201. The van der Waals surface area contributed by atoms with Crippen molar-refractivity contribution < 1.29 is 18.0 Å². The Kier molecular flexibility index (Phi) is 5.58. The van der Waals surface area contributed by atoms with Crippen LogP contribution < -0.4 is 5.43 Å². The lowest BCUT2D eigenvalue weighted by molar-refractivity contribution is -0.137. The summed E-state index contributed by atoms with van der Waals surface area (Å²) < 4.78 is 40.3. The summed E-state index contributed by atoms with van der Waals surface area (Å²) >= 11 is 0. The zero-order chi connectivity index (χ0) is 21.8. The van der Waals surface area contributed by atoms with Crippen LogP contribution in [0.15, 0.2) is 90.2 Å². The van der Waals surface area contributed by atoms with Gasteiger partial charge in [-0.05, 0) is 46.7 Å². The van der Waals surface area contributed by atoms with Gasteiger partial charge in [0, 0.05) is 11.9 Å². The van der Waals surface area contributed by atoms with Crippen molar-refractivity contribution in [3.63, 3.8) is 0 Å². The molecule has 1 N–H and O–H groups in total. The molecule has 0 unspecified atom stereocenters. The Balaban J connectivity index is 1.44. The predicted molar refractivity (Wildman–Crippen MR) is 114 cm³/mol. The first-order chi connectivity index (χ1) is 14.9. The Labute approximate surface area is 176 Å². The molecule has 4 rings (SSSR count). The Morgan fingerprint density at radius 1 is 0.935 bits per heavy atom. The standard InChI is InChI=1S/C24H18F3N3O/c25-24(26,27)20-8-3-5-17(13-20)14-23(31)29-28-16-22-9-4-12-30(22)21-11-10-18-6-1-2-7-19(18)15-21/h1-13,15-16H,14H2,(H,29,31)/b28-16-. The molecule has 0 aliphatic rings. The zero-order valence-electron chi connectivity index (χ0n) is 16.3. The summed E-state index contributed by atoms with van der Waals surface area (Å²) in [4.78, 5) is 12.1. The van der Waals surface area contributed by atoms with Crippen molar-refractivity contribution in [2.75, 3.05) is 0 Å². The molecule has 3 aromatic carbocycles. The molecular weight excluding hydrogens is 403 g/mol. The average molecular weight is 421 g/mol. The maximum absolute atomic E-state index is 12.8. The zero-order valence-corrected chi connectivity index (χ0v) is 16.3. The number of nitrogens with zero attached hydrogens (tertiary/aromatic N) is 2. The number of fused-ring (bicyclic) bond motifs is 1. The minimum Gasteiger partial charge on any atom is -0.316 e. The summed E-state index contributed by atoms with van der Waals surface area (Å²) in [5.41, 5.74) is 3.54. The minimum atomic E-state index is -4.45. The van der Waals surface area contributed by atoms with Gasteiger partial charge in [0.25, 0.3) is 0 Å². The van der Waals surface area contributed by atoms with Crippen LogP contribution in [0.4, 0.5) is 13.2 Å². The number of nitrogens with one attached hydrogen (secondary N) is 1. The van der Waals surface area contributed by atoms with Crippen molar-refractivity contribution >= 4 is 22.9 Å². The summed E-state index contributed by atoms with van der Waals surface area (Å²) in [6.45, 7) is 0. The van der Waals surface area contributed by atoms with Crippen LogP contribution in [0.25, 0.3) is 16.5 Å². The van der Waals surface area contributed by atoms with E-state index >= 15 is 0 Å². The van der Waals surface area contributed by atoms with Gasteiger partial charge in [-0.1, -0.05) is 48.5 Å². The number of benzene rings is 3. The second-order valence-electron chi connectivity index (χ2n) is 7.00. The predicted octanol–water partition coefficient (Wildman–Crippen LogP) is 5.34. The Bertz CT molecular complexity index is 1260. The smallest absolute Gasteiger partial charge is 0.316 e. The summed E-state index contributed by atoms with van der Waals surface area (Å²) in [5, 5.41) is 6.20. The van der Waals surface area contributed by atoms with E-state index in [1.54, 1.807) is 0 Å². The topological polar surface area (TPSA) is 46.4 Å². The van der Waals surface area contributed by atoms with Gasteiger partial charge in [-0.25, -0.2) is 5.43 Å². The third kappa shape index (κ3) is 4.83. The van der Waals surface area contributed by atoms with E-state index in [0.29, 0.717) is 0 Å². The summed E-state index contributed by atoms with van der Waals surface area (Å²) in [6.07, 6.45) is -1.26. The van der Waals surface area contributed by atoms with Crippen LogP contribution in [0.5, 0.6) is 0 Å². The van der Waals surface area contributed by atoms with Crippen LogP contribution in [0.1, 0.15) is 16.8 Å². The average Bonchev–Trinajstić information content (AvgIpc) is 3.21. The molecule has 1 aromatic heterocycles. The first-order valence-electron chi connectivity index (χ1n) is 9.55. The maximum Gasteiger partial charge on any atom is 0.416 e. The van der Waals surface area contributed by atoms with Gasteiger partial charge in [0.15, 0.2) is 0 Å². The molecule has 0 bridgehead atoms. The van der Waals surface area contributed by atoms with Crippen molar-refractivity contribution in [1.29, 1.82) is 0 Å². The summed E-state index contributed by atoms with van der Waals surface area (Å²) in [5.74, 6) is -0.501. The van der Waals surface area contributed by atoms with Gasteiger partial charge in [0.05, 0.1) is 23.9 Å². The number of carbonyl (C=O) groups excluding carboxylic acids is 1. The number of alkyl halides is 3. The monoisotopic (exact) mass is 421 g/mol. The third-order valence-corrected chi connectivity index (χ3v) is 4.80. The van der Waals surface area contributed by atoms with Crippen LogP contribution in [0.2, 0.25) is 0 Å². The highest BCUT2D eigenvalue weighted by molar-refractivity contribution is 5.86. The summed E-state index contributed by atoms with van der Waals surface area (Å²) in [6, 6.07) is 22.5. The van der Waals surface area contributed by atoms with Crippen molar-refractivity contribution in [3.05, 3.63) is 102 Å². The number of carbonyl (C=O) groups is 1. The Hall–Kier alpha value is -3.87. The number of hydrazone groups is 1. The fraction of sp³-hybridized carbons (Fsp3) is 0.0833. The largest absolute Gasteiger partial charge is 0.416 e. The molecule has 156 valence electrons. The lowest BCUT2D eigenvalue weighted by Gasteiger charge is -2.09. The van der Waals surface area contributed by atoms with Gasteiger partial charge in [0.1, 0.15) is 0 Å². The van der Waals surface area contributed by atoms with Gasteiger partial charge in [-0.3, -0.25) is 4.79 Å². The van der Waals surface area contributed by atoms with Crippen molar-refractivity contribution in [3.8, 4) is 5.69 Å². The molecule has 31 heavy (non-hydrogen) atoms. The second kappa shape index (κ2) is 8.47. The second-order valence-corrected chi connectivity index (χ2v) is 7.00. The molecule has 4 nitrogen and oxygen atoms in total. The molecule has 1 amide bonds. The highest BCUT2D eigenvalue weighted by Crippen LogP contribution is 2.29. The molecule has 0 atom stereocenters. The lowest BCUT2D eigenvalue weighted by atomic mass is 10.1. The van der Waals surface area contributed by atoms with Gasteiger partial charge in [0.2, 0.25) is 5.91 Å². The molecule has 0 radical (unpaired) electrons. The normalized spacial score (nSPS) is 11.8. The number of hydrogen-bond acceptors (Lipinski definition) is 2. The number of hydrogen-bond donors (Lipinski definition) is 1. The maximum atomic E-state index is 12.8. The van der Waals surface area contributed by atoms with E-state index in [1.165, 1.54) is 18.3 Å². The lowest BCUT2D eigenvalue weighted by Crippen LogP contribution is -2.20. The molecule has 0 aliphatic heterocycles. The van der Waals surface area contributed by atoms with Crippen LogP contribution in [-0.2, 0) is 17.4 Å². The van der Waals surface area contributed by atoms with E-state index in [-0.39, 0.29) is 12.0 Å². The first-order valence-corrected chi connectivity index (χ1v) is 9.55. The van der Waals surface area contributed by atoms with E-state index in [2.05, 4.69) is 16.6 Å². The third-order valence-electron chi connectivity index (χ3n) is 4.80. The number of rotatable bonds is 5. The van der Waals surface area contributed by atoms with Crippen molar-refractivity contribution in [1.82, 2.24) is 9.99 Å². The molecule has 4 aromatic rings. The molecule has 0 spiro atoms. The molecule has 7 heteroatoms. The van der Waals surface area contributed by atoms with E-state index in [9.17, 15) is 18.0 Å². The molecule has 0 saturated heterocycles. The molecular formula is C24H18F3N3O. The molecule has 0 saturated carbocycles. The van der Waals surface area contributed by atoms with Gasteiger partial charge in [-0.2, -0.15) is 18.3 Å². The van der Waals surface area contributed by atoms with Crippen LogP contribution in [0.3, 0.4) is 0 Å².